The second-order valence-electron chi connectivity index (χ2n) is 5.49. The molecule has 1 atom stereocenters. The molecular formula is C16H15N3O3S. The van der Waals surface area contributed by atoms with Crippen LogP contribution in [0.5, 0.6) is 0 Å². The number of carbonyl (C=O) groups excluding carboxylic acids is 3. The minimum Gasteiger partial charge on any atom is -0.318 e. The number of aromatic nitrogens is 1. The average Bonchev–Trinajstić information content (AvgIpc) is 3.06. The van der Waals surface area contributed by atoms with E-state index in [1.165, 1.54) is 11.3 Å². The zero-order valence-corrected chi connectivity index (χ0v) is 13.5. The Labute approximate surface area is 137 Å². The van der Waals surface area contributed by atoms with Crippen LogP contribution in [0.4, 0.5) is 4.79 Å². The van der Waals surface area contributed by atoms with Crippen molar-refractivity contribution in [2.45, 2.75) is 19.4 Å². The number of amides is 3. The molecule has 118 valence electrons. The van der Waals surface area contributed by atoms with E-state index in [0.717, 1.165) is 9.78 Å². The predicted octanol–water partition coefficient (Wildman–Crippen LogP) is 2.10. The van der Waals surface area contributed by atoms with Crippen LogP contribution in [-0.2, 0) is 10.3 Å². The van der Waals surface area contributed by atoms with Gasteiger partial charge < -0.3 is 5.32 Å². The zero-order valence-electron chi connectivity index (χ0n) is 12.7. The van der Waals surface area contributed by atoms with Crippen molar-refractivity contribution in [2.75, 3.05) is 6.54 Å². The Balaban J connectivity index is 1.83. The summed E-state index contributed by atoms with van der Waals surface area (Å²) in [6.45, 7) is 3.22. The van der Waals surface area contributed by atoms with Crippen LogP contribution in [0, 0.1) is 6.92 Å². The number of thiophene rings is 1. The van der Waals surface area contributed by atoms with Crippen molar-refractivity contribution in [1.29, 1.82) is 0 Å². The van der Waals surface area contributed by atoms with E-state index in [1.54, 1.807) is 37.4 Å². The Morgan fingerprint density at radius 1 is 1.30 bits per heavy atom. The zero-order chi connectivity index (χ0) is 16.6. The van der Waals surface area contributed by atoms with E-state index < -0.39 is 17.5 Å². The molecule has 0 aromatic carbocycles. The summed E-state index contributed by atoms with van der Waals surface area (Å²) in [5, 5.41) is 2.63. The molecule has 23 heavy (non-hydrogen) atoms. The Morgan fingerprint density at radius 2 is 2.09 bits per heavy atom. The molecule has 2 aromatic rings. The molecule has 2 aromatic heterocycles. The monoisotopic (exact) mass is 329 g/mol. The molecule has 1 aliphatic rings. The van der Waals surface area contributed by atoms with Crippen LogP contribution < -0.4 is 5.32 Å². The highest BCUT2D eigenvalue weighted by Crippen LogP contribution is 2.27. The van der Waals surface area contributed by atoms with Gasteiger partial charge in [0.25, 0.3) is 5.91 Å². The van der Waals surface area contributed by atoms with Gasteiger partial charge in [0.05, 0.1) is 17.1 Å². The van der Waals surface area contributed by atoms with Gasteiger partial charge in [-0.05, 0) is 38.1 Å². The van der Waals surface area contributed by atoms with E-state index in [-0.39, 0.29) is 12.3 Å². The number of hydrogen-bond acceptors (Lipinski definition) is 5. The molecule has 0 saturated carbocycles. The molecule has 3 amide bonds. The Bertz CT molecular complexity index is 787. The Morgan fingerprint density at radius 3 is 2.70 bits per heavy atom. The number of Topliss-reactive ketones (excluding diaryl/α,β-unsaturated/α-hetero) is 1. The summed E-state index contributed by atoms with van der Waals surface area (Å²) < 4.78 is 0. The summed E-state index contributed by atoms with van der Waals surface area (Å²) in [6, 6.07) is 8.11. The van der Waals surface area contributed by atoms with E-state index in [0.29, 0.717) is 10.6 Å². The highest BCUT2D eigenvalue weighted by atomic mass is 32.1. The molecule has 1 N–H and O–H groups in total. The molecule has 6 nitrogen and oxygen atoms in total. The third-order valence-electron chi connectivity index (χ3n) is 3.77. The van der Waals surface area contributed by atoms with Crippen LogP contribution in [0.15, 0.2) is 36.5 Å². The van der Waals surface area contributed by atoms with Crippen LogP contribution in [-0.4, -0.2) is 34.2 Å². The van der Waals surface area contributed by atoms with Gasteiger partial charge in [-0.15, -0.1) is 11.3 Å². The van der Waals surface area contributed by atoms with Gasteiger partial charge in [-0.1, -0.05) is 6.07 Å². The first kappa shape index (κ1) is 15.4. The number of imide groups is 1. The number of rotatable bonds is 4. The van der Waals surface area contributed by atoms with Crippen molar-refractivity contribution in [3.8, 4) is 0 Å². The molecule has 0 radical (unpaired) electrons. The summed E-state index contributed by atoms with van der Waals surface area (Å²) >= 11 is 1.35. The molecule has 3 heterocycles. The maximum Gasteiger partial charge on any atom is 0.325 e. The summed E-state index contributed by atoms with van der Waals surface area (Å²) in [6.07, 6.45) is 1.56. The molecule has 0 spiro atoms. The lowest BCUT2D eigenvalue weighted by atomic mass is 9.97. The standard InChI is InChI=1S/C16H15N3O3S/c1-10-6-7-12(23-10)11(20)9-19-14(21)16(2,18-15(19)22)13-5-3-4-8-17-13/h3-8H,9H2,1-2H3,(H,18,22). The molecule has 1 unspecified atom stereocenters. The third-order valence-corrected chi connectivity index (χ3v) is 4.81. The Kier molecular flexibility index (Phi) is 3.73. The van der Waals surface area contributed by atoms with Gasteiger partial charge in [-0.25, -0.2) is 4.79 Å². The summed E-state index contributed by atoms with van der Waals surface area (Å²) in [7, 11) is 0. The average molecular weight is 329 g/mol. The molecule has 7 heteroatoms. The lowest BCUT2D eigenvalue weighted by Gasteiger charge is -2.20. The smallest absolute Gasteiger partial charge is 0.318 e. The number of nitrogens with zero attached hydrogens (tertiary/aromatic N) is 2. The number of aryl methyl sites for hydroxylation is 1. The van der Waals surface area contributed by atoms with Crippen molar-refractivity contribution in [1.82, 2.24) is 15.2 Å². The second kappa shape index (κ2) is 5.58. The van der Waals surface area contributed by atoms with Gasteiger partial charge in [0.1, 0.15) is 0 Å². The molecular weight excluding hydrogens is 314 g/mol. The van der Waals surface area contributed by atoms with E-state index in [9.17, 15) is 14.4 Å². The first-order valence-electron chi connectivity index (χ1n) is 7.07. The van der Waals surface area contributed by atoms with E-state index in [4.69, 9.17) is 0 Å². The van der Waals surface area contributed by atoms with Gasteiger partial charge in [0.15, 0.2) is 11.3 Å². The second-order valence-corrected chi connectivity index (χ2v) is 6.78. The Hall–Kier alpha value is -2.54. The van der Waals surface area contributed by atoms with Crippen molar-refractivity contribution in [3.05, 3.63) is 52.0 Å². The van der Waals surface area contributed by atoms with Crippen LogP contribution in [0.25, 0.3) is 0 Å². The van der Waals surface area contributed by atoms with Gasteiger partial charge in [0.2, 0.25) is 0 Å². The van der Waals surface area contributed by atoms with Crippen LogP contribution in [0.3, 0.4) is 0 Å². The van der Waals surface area contributed by atoms with Crippen molar-refractivity contribution >= 4 is 29.1 Å². The number of hydrogen-bond donors (Lipinski definition) is 1. The van der Waals surface area contributed by atoms with E-state index in [1.807, 2.05) is 13.0 Å². The first-order valence-corrected chi connectivity index (χ1v) is 7.89. The number of urea groups is 1. The number of pyridine rings is 1. The molecule has 0 aliphatic carbocycles. The topological polar surface area (TPSA) is 79.4 Å². The summed E-state index contributed by atoms with van der Waals surface area (Å²) in [4.78, 5) is 43.7. The van der Waals surface area contributed by atoms with Gasteiger partial charge >= 0.3 is 6.03 Å². The highest BCUT2D eigenvalue weighted by molar-refractivity contribution is 7.14. The fourth-order valence-corrected chi connectivity index (χ4v) is 3.28. The molecule has 3 rings (SSSR count). The quantitative estimate of drug-likeness (QED) is 0.688. The van der Waals surface area contributed by atoms with Crippen molar-refractivity contribution < 1.29 is 14.4 Å². The lowest BCUT2D eigenvalue weighted by molar-refractivity contribution is -0.130. The maximum absolute atomic E-state index is 12.7. The first-order chi connectivity index (χ1) is 10.9. The van der Waals surface area contributed by atoms with E-state index in [2.05, 4.69) is 10.3 Å². The summed E-state index contributed by atoms with van der Waals surface area (Å²) in [5.41, 5.74) is -0.801. The minimum atomic E-state index is -1.25. The van der Waals surface area contributed by atoms with Gasteiger partial charge in [0, 0.05) is 11.1 Å². The number of ketones is 1. The van der Waals surface area contributed by atoms with Crippen molar-refractivity contribution in [2.24, 2.45) is 0 Å². The third kappa shape index (κ3) is 2.63. The van der Waals surface area contributed by atoms with Crippen molar-refractivity contribution in [3.63, 3.8) is 0 Å². The lowest BCUT2D eigenvalue weighted by Crippen LogP contribution is -2.42. The molecule has 0 bridgehead atoms. The minimum absolute atomic E-state index is 0.253. The largest absolute Gasteiger partial charge is 0.325 e. The van der Waals surface area contributed by atoms with Crippen LogP contribution >= 0.6 is 11.3 Å². The van der Waals surface area contributed by atoms with Gasteiger partial charge in [-0.2, -0.15) is 0 Å². The maximum atomic E-state index is 12.7. The molecule has 1 fully saturated rings. The molecule has 1 aliphatic heterocycles. The number of carbonyl (C=O) groups is 3. The summed E-state index contributed by atoms with van der Waals surface area (Å²) in [5.74, 6) is -0.723. The molecule has 1 saturated heterocycles. The SMILES string of the molecule is Cc1ccc(C(=O)CN2C(=O)NC(C)(c3ccccn3)C2=O)s1. The fourth-order valence-electron chi connectivity index (χ4n) is 2.48. The predicted molar refractivity (Wildman–Crippen MR) is 85.2 cm³/mol. The van der Waals surface area contributed by atoms with Crippen LogP contribution in [0.2, 0.25) is 0 Å². The number of nitrogens with one attached hydrogen (secondary N) is 1. The van der Waals surface area contributed by atoms with Gasteiger partial charge in [-0.3, -0.25) is 19.5 Å². The fraction of sp³-hybridized carbons (Fsp3) is 0.250. The van der Waals surface area contributed by atoms with Crippen LogP contribution in [0.1, 0.15) is 27.2 Å². The normalized spacial score (nSPS) is 20.7. The highest BCUT2D eigenvalue weighted by Gasteiger charge is 2.50. The van der Waals surface area contributed by atoms with E-state index >= 15 is 0 Å².